The molecule has 142 valence electrons. The average Bonchev–Trinajstić information content (AvgIpc) is 2.50. The SMILES string of the molecule is CN=C(NCCN(C)C(=O)OC(C)(C)C)NCc1ccccc1F.I. The van der Waals surface area contributed by atoms with Crippen LogP contribution in [0.4, 0.5) is 9.18 Å². The third-order valence-corrected chi connectivity index (χ3v) is 3.07. The molecule has 1 aromatic carbocycles. The van der Waals surface area contributed by atoms with Crippen LogP contribution in [0.15, 0.2) is 29.3 Å². The Balaban J connectivity index is 0.00000576. The number of rotatable bonds is 5. The first kappa shape index (κ1) is 23.4. The highest BCUT2D eigenvalue weighted by atomic mass is 127. The van der Waals surface area contributed by atoms with Gasteiger partial charge in [0, 0.05) is 39.3 Å². The van der Waals surface area contributed by atoms with Crippen molar-refractivity contribution in [2.24, 2.45) is 4.99 Å². The van der Waals surface area contributed by atoms with E-state index in [2.05, 4.69) is 15.6 Å². The molecule has 0 aliphatic carbocycles. The van der Waals surface area contributed by atoms with Gasteiger partial charge in [-0.2, -0.15) is 0 Å². The van der Waals surface area contributed by atoms with Gasteiger partial charge >= 0.3 is 6.09 Å². The summed E-state index contributed by atoms with van der Waals surface area (Å²) in [6.45, 7) is 6.75. The van der Waals surface area contributed by atoms with Gasteiger partial charge in [0.25, 0.3) is 0 Å². The van der Waals surface area contributed by atoms with E-state index >= 15 is 0 Å². The Morgan fingerprint density at radius 1 is 1.28 bits per heavy atom. The number of benzene rings is 1. The third-order valence-electron chi connectivity index (χ3n) is 3.07. The van der Waals surface area contributed by atoms with Crippen LogP contribution in [-0.4, -0.2) is 49.7 Å². The minimum absolute atomic E-state index is 0. The lowest BCUT2D eigenvalue weighted by Crippen LogP contribution is -2.42. The van der Waals surface area contributed by atoms with Gasteiger partial charge in [-0.05, 0) is 26.8 Å². The summed E-state index contributed by atoms with van der Waals surface area (Å²) >= 11 is 0. The van der Waals surface area contributed by atoms with Crippen LogP contribution in [0.2, 0.25) is 0 Å². The number of halogens is 2. The first-order chi connectivity index (χ1) is 11.2. The molecule has 0 aliphatic heterocycles. The van der Waals surface area contributed by atoms with E-state index in [-0.39, 0.29) is 35.9 Å². The van der Waals surface area contributed by atoms with E-state index in [0.717, 1.165) is 0 Å². The topological polar surface area (TPSA) is 66.0 Å². The minimum atomic E-state index is -0.518. The molecule has 6 nitrogen and oxygen atoms in total. The second kappa shape index (κ2) is 11.1. The van der Waals surface area contributed by atoms with E-state index in [0.29, 0.717) is 31.2 Å². The van der Waals surface area contributed by atoms with E-state index in [4.69, 9.17) is 4.74 Å². The maximum absolute atomic E-state index is 13.6. The van der Waals surface area contributed by atoms with Crippen LogP contribution in [-0.2, 0) is 11.3 Å². The summed E-state index contributed by atoms with van der Waals surface area (Å²) in [5, 5.41) is 6.11. The van der Waals surface area contributed by atoms with Crippen LogP contribution in [0, 0.1) is 5.82 Å². The summed E-state index contributed by atoms with van der Waals surface area (Å²) < 4.78 is 18.8. The molecule has 0 saturated heterocycles. The molecule has 8 heteroatoms. The van der Waals surface area contributed by atoms with Crippen LogP contribution in [0.3, 0.4) is 0 Å². The Morgan fingerprint density at radius 2 is 1.92 bits per heavy atom. The number of likely N-dealkylation sites (N-methyl/N-ethyl adjacent to an activating group) is 1. The fourth-order valence-electron chi connectivity index (χ4n) is 1.81. The summed E-state index contributed by atoms with van der Waals surface area (Å²) in [5.41, 5.74) is 0.0437. The van der Waals surface area contributed by atoms with Crippen molar-refractivity contribution in [2.45, 2.75) is 32.9 Å². The monoisotopic (exact) mass is 466 g/mol. The Kier molecular flexibility index (Phi) is 10.4. The lowest BCUT2D eigenvalue weighted by atomic mass is 10.2. The molecule has 25 heavy (non-hydrogen) atoms. The molecule has 0 radical (unpaired) electrons. The van der Waals surface area contributed by atoms with Gasteiger partial charge in [0.1, 0.15) is 11.4 Å². The van der Waals surface area contributed by atoms with Crippen molar-refractivity contribution in [3.8, 4) is 0 Å². The summed E-state index contributed by atoms with van der Waals surface area (Å²) in [4.78, 5) is 17.4. The van der Waals surface area contributed by atoms with Gasteiger partial charge in [0.2, 0.25) is 0 Å². The van der Waals surface area contributed by atoms with Crippen LogP contribution in [0.25, 0.3) is 0 Å². The standard InChI is InChI=1S/C17H27FN4O2.HI/c1-17(2,3)24-16(23)22(5)11-10-20-15(19-4)21-12-13-8-6-7-9-14(13)18;/h6-9H,10-12H2,1-5H3,(H2,19,20,21);1H. The molecule has 1 rings (SSSR count). The predicted molar refractivity (Wildman–Crippen MR) is 109 cm³/mol. The lowest BCUT2D eigenvalue weighted by molar-refractivity contribution is 0.0302. The minimum Gasteiger partial charge on any atom is -0.444 e. The highest BCUT2D eigenvalue weighted by Crippen LogP contribution is 2.08. The van der Waals surface area contributed by atoms with E-state index in [9.17, 15) is 9.18 Å². The zero-order valence-electron chi connectivity index (χ0n) is 15.4. The van der Waals surface area contributed by atoms with Crippen molar-refractivity contribution < 1.29 is 13.9 Å². The number of nitrogens with zero attached hydrogens (tertiary/aromatic N) is 2. The Hall–Kier alpha value is -1.58. The molecule has 0 aliphatic rings. The number of guanidine groups is 1. The van der Waals surface area contributed by atoms with Crippen LogP contribution in [0.1, 0.15) is 26.3 Å². The predicted octanol–water partition coefficient (Wildman–Crippen LogP) is 2.98. The molecule has 0 heterocycles. The second-order valence-corrected chi connectivity index (χ2v) is 6.35. The summed E-state index contributed by atoms with van der Waals surface area (Å²) in [6, 6.07) is 6.57. The first-order valence-corrected chi connectivity index (χ1v) is 7.85. The summed E-state index contributed by atoms with van der Waals surface area (Å²) in [5.74, 6) is 0.279. The number of ether oxygens (including phenoxy) is 1. The van der Waals surface area contributed by atoms with Crippen LogP contribution < -0.4 is 10.6 Å². The molecule has 0 aromatic heterocycles. The van der Waals surface area contributed by atoms with E-state index < -0.39 is 5.60 Å². The molecule has 0 unspecified atom stereocenters. The van der Waals surface area contributed by atoms with Crippen LogP contribution in [0.5, 0.6) is 0 Å². The van der Waals surface area contributed by atoms with Gasteiger partial charge in [-0.1, -0.05) is 18.2 Å². The molecule has 1 aromatic rings. The van der Waals surface area contributed by atoms with Gasteiger partial charge in [0.05, 0.1) is 0 Å². The van der Waals surface area contributed by atoms with Crippen molar-refractivity contribution in [1.29, 1.82) is 0 Å². The number of hydrogen-bond donors (Lipinski definition) is 2. The summed E-state index contributed by atoms with van der Waals surface area (Å²) in [7, 11) is 3.31. The van der Waals surface area contributed by atoms with E-state index in [1.807, 2.05) is 20.8 Å². The van der Waals surface area contributed by atoms with Crippen LogP contribution >= 0.6 is 24.0 Å². The third kappa shape index (κ3) is 9.47. The summed E-state index contributed by atoms with van der Waals surface area (Å²) in [6.07, 6.45) is -0.376. The zero-order valence-corrected chi connectivity index (χ0v) is 17.8. The maximum Gasteiger partial charge on any atom is 0.410 e. The molecule has 0 atom stereocenters. The fraction of sp³-hybridized carbons (Fsp3) is 0.529. The normalized spacial score (nSPS) is 11.4. The van der Waals surface area contributed by atoms with E-state index in [1.54, 1.807) is 32.3 Å². The molecule has 1 amide bonds. The second-order valence-electron chi connectivity index (χ2n) is 6.35. The number of hydrogen-bond acceptors (Lipinski definition) is 3. The molecular formula is C17H28FIN4O2. The number of carbonyl (C=O) groups excluding carboxylic acids is 1. The van der Waals surface area contributed by atoms with Crippen molar-refractivity contribution in [1.82, 2.24) is 15.5 Å². The van der Waals surface area contributed by atoms with Crippen molar-refractivity contribution in [2.75, 3.05) is 27.2 Å². The Morgan fingerprint density at radius 3 is 2.48 bits per heavy atom. The van der Waals surface area contributed by atoms with Gasteiger partial charge in [0.15, 0.2) is 5.96 Å². The van der Waals surface area contributed by atoms with Gasteiger partial charge in [-0.3, -0.25) is 4.99 Å². The van der Waals surface area contributed by atoms with Gasteiger partial charge in [-0.15, -0.1) is 24.0 Å². The van der Waals surface area contributed by atoms with Crippen molar-refractivity contribution >= 4 is 36.0 Å². The molecule has 0 fully saturated rings. The quantitative estimate of drug-likeness (QED) is 0.398. The van der Waals surface area contributed by atoms with Crippen molar-refractivity contribution in [3.05, 3.63) is 35.6 Å². The number of nitrogens with one attached hydrogen (secondary N) is 2. The maximum atomic E-state index is 13.6. The highest BCUT2D eigenvalue weighted by molar-refractivity contribution is 14.0. The van der Waals surface area contributed by atoms with Crippen molar-refractivity contribution in [3.63, 3.8) is 0 Å². The molecule has 2 N–H and O–H groups in total. The zero-order chi connectivity index (χ0) is 18.2. The molecule has 0 bridgehead atoms. The fourth-order valence-corrected chi connectivity index (χ4v) is 1.81. The largest absolute Gasteiger partial charge is 0.444 e. The molecule has 0 saturated carbocycles. The lowest BCUT2D eigenvalue weighted by Gasteiger charge is -2.24. The highest BCUT2D eigenvalue weighted by Gasteiger charge is 2.19. The first-order valence-electron chi connectivity index (χ1n) is 7.85. The molecule has 0 spiro atoms. The smallest absolute Gasteiger partial charge is 0.410 e. The molecular weight excluding hydrogens is 438 g/mol. The van der Waals surface area contributed by atoms with E-state index in [1.165, 1.54) is 11.0 Å². The number of amides is 1. The Bertz CT molecular complexity index is 576. The number of aliphatic imine (C=N–C) groups is 1. The van der Waals surface area contributed by atoms with Gasteiger partial charge < -0.3 is 20.3 Å². The Labute approximate surface area is 166 Å². The average molecular weight is 466 g/mol. The van der Waals surface area contributed by atoms with Gasteiger partial charge in [-0.25, -0.2) is 9.18 Å². The number of carbonyl (C=O) groups is 1.